The van der Waals surface area contributed by atoms with E-state index >= 15 is 0 Å². The highest BCUT2D eigenvalue weighted by Gasteiger charge is 2.39. The molecule has 17 heavy (non-hydrogen) atoms. The van der Waals surface area contributed by atoms with Gasteiger partial charge >= 0.3 is 6.18 Å². The maximum absolute atomic E-state index is 12.8. The molecule has 1 atom stereocenters. The molecule has 3 rings (SSSR count). The number of nitrogens with zero attached hydrogens (tertiary/aromatic N) is 3. The highest BCUT2D eigenvalue weighted by atomic mass is 19.4. The van der Waals surface area contributed by atoms with Crippen LogP contribution < -0.4 is 0 Å². The minimum absolute atomic E-state index is 0.141. The number of hydrogen-bond donors (Lipinski definition) is 0. The Kier molecular flexibility index (Phi) is 2.12. The van der Waals surface area contributed by atoms with Crippen molar-refractivity contribution in [2.45, 2.75) is 18.8 Å². The average Bonchev–Trinajstić information content (AvgIpc) is 2.98. The Labute approximate surface area is 94.0 Å². The molecule has 0 aromatic carbocycles. The van der Waals surface area contributed by atoms with Gasteiger partial charge in [-0.1, -0.05) is 0 Å². The number of fused-ring (bicyclic) bond motifs is 1. The molecule has 0 aliphatic carbocycles. The minimum atomic E-state index is -4.48. The summed E-state index contributed by atoms with van der Waals surface area (Å²) in [4.78, 5) is 7.53. The van der Waals surface area contributed by atoms with Crippen molar-refractivity contribution in [3.63, 3.8) is 0 Å². The molecule has 1 saturated heterocycles. The smallest absolute Gasteiger partial charge is 0.371 e. The molecule has 2 aromatic heterocycles. The summed E-state index contributed by atoms with van der Waals surface area (Å²) in [6.07, 6.45) is -3.18. The summed E-state index contributed by atoms with van der Waals surface area (Å²) in [5.41, 5.74) is 0.496. The molecule has 0 spiro atoms. The van der Waals surface area contributed by atoms with E-state index in [-0.39, 0.29) is 23.8 Å². The highest BCUT2D eigenvalue weighted by Crippen LogP contribution is 2.31. The highest BCUT2D eigenvalue weighted by molar-refractivity contribution is 5.71. The van der Waals surface area contributed by atoms with Crippen molar-refractivity contribution in [2.75, 3.05) is 6.61 Å². The molecule has 90 valence electrons. The Bertz CT molecular complexity index is 559. The third-order valence-electron chi connectivity index (χ3n) is 2.55. The van der Waals surface area contributed by atoms with Crippen LogP contribution in [0.4, 0.5) is 13.2 Å². The van der Waals surface area contributed by atoms with Crippen molar-refractivity contribution >= 4 is 11.2 Å². The number of aromatic nitrogens is 3. The molecule has 1 aliphatic rings. The molecule has 1 aliphatic heterocycles. The number of rotatable bonds is 2. The number of ether oxygens (including phenoxy) is 1. The fourth-order valence-corrected chi connectivity index (χ4v) is 1.72. The van der Waals surface area contributed by atoms with E-state index in [4.69, 9.17) is 4.74 Å². The number of halogens is 3. The Morgan fingerprint density at radius 1 is 1.47 bits per heavy atom. The van der Waals surface area contributed by atoms with Crippen LogP contribution in [0.3, 0.4) is 0 Å². The maximum atomic E-state index is 12.8. The summed E-state index contributed by atoms with van der Waals surface area (Å²) < 4.78 is 44.4. The second kappa shape index (κ2) is 3.43. The average molecular weight is 243 g/mol. The fraction of sp³-hybridized carbons (Fsp3) is 0.400. The molecule has 7 heteroatoms. The Hall–Kier alpha value is -1.63. The molecule has 0 amide bonds. The summed E-state index contributed by atoms with van der Waals surface area (Å²) in [6.45, 7) is 0.631. The van der Waals surface area contributed by atoms with E-state index in [2.05, 4.69) is 9.97 Å². The van der Waals surface area contributed by atoms with Crippen LogP contribution in [0.5, 0.6) is 0 Å². The van der Waals surface area contributed by atoms with Crippen LogP contribution in [0, 0.1) is 0 Å². The summed E-state index contributed by atoms with van der Waals surface area (Å²) in [7, 11) is 0. The molecule has 0 unspecified atom stereocenters. The Morgan fingerprint density at radius 2 is 2.24 bits per heavy atom. The van der Waals surface area contributed by atoms with Gasteiger partial charge < -0.3 is 9.30 Å². The van der Waals surface area contributed by atoms with Gasteiger partial charge in [0.1, 0.15) is 5.52 Å². The topological polar surface area (TPSA) is 43.2 Å². The lowest BCUT2D eigenvalue weighted by Crippen LogP contribution is -2.17. The predicted octanol–water partition coefficient (Wildman–Crippen LogP) is 1.85. The standard InChI is InChI=1S/C10H8F3N3O/c11-10(12,13)9-15-7-2-1-3-14-8(7)16(9)4-6-5-17-6/h1-3,6H,4-5H2/t6-/m0/s1. The molecule has 0 bridgehead atoms. The van der Waals surface area contributed by atoms with Crippen molar-refractivity contribution in [3.05, 3.63) is 24.2 Å². The summed E-state index contributed by atoms with van der Waals surface area (Å²) in [5.74, 6) is -0.915. The number of alkyl halides is 3. The fourth-order valence-electron chi connectivity index (χ4n) is 1.72. The molecule has 3 heterocycles. The largest absolute Gasteiger partial charge is 0.449 e. The lowest BCUT2D eigenvalue weighted by Gasteiger charge is -2.08. The van der Waals surface area contributed by atoms with Gasteiger partial charge in [0.2, 0.25) is 5.82 Å². The summed E-state index contributed by atoms with van der Waals surface area (Å²) in [5, 5.41) is 0. The van der Waals surface area contributed by atoms with Crippen LogP contribution in [0.15, 0.2) is 18.3 Å². The van der Waals surface area contributed by atoms with Crippen molar-refractivity contribution < 1.29 is 17.9 Å². The Balaban J connectivity index is 2.17. The lowest BCUT2D eigenvalue weighted by atomic mass is 10.4. The van der Waals surface area contributed by atoms with Crippen LogP contribution in [0.1, 0.15) is 5.82 Å². The monoisotopic (exact) mass is 243 g/mol. The first-order valence-electron chi connectivity index (χ1n) is 5.06. The molecule has 1 fully saturated rings. The molecule has 2 aromatic rings. The number of hydrogen-bond acceptors (Lipinski definition) is 3. The van der Waals surface area contributed by atoms with Crippen molar-refractivity contribution in [2.24, 2.45) is 0 Å². The van der Waals surface area contributed by atoms with Crippen LogP contribution in [0.25, 0.3) is 11.2 Å². The first-order chi connectivity index (χ1) is 8.05. The second-order valence-corrected chi connectivity index (χ2v) is 3.85. The number of pyridine rings is 1. The van der Waals surface area contributed by atoms with Gasteiger partial charge in [0.25, 0.3) is 0 Å². The van der Waals surface area contributed by atoms with Gasteiger partial charge in [0.05, 0.1) is 19.3 Å². The van der Waals surface area contributed by atoms with E-state index in [0.29, 0.717) is 6.61 Å². The van der Waals surface area contributed by atoms with E-state index in [9.17, 15) is 13.2 Å². The maximum Gasteiger partial charge on any atom is 0.449 e. The SMILES string of the molecule is FC(F)(F)c1nc2cccnc2n1C[C@H]1CO1. The Morgan fingerprint density at radius 3 is 2.88 bits per heavy atom. The third kappa shape index (κ3) is 1.86. The number of imidazole rings is 1. The second-order valence-electron chi connectivity index (χ2n) is 3.85. The summed E-state index contributed by atoms with van der Waals surface area (Å²) >= 11 is 0. The van der Waals surface area contributed by atoms with Gasteiger partial charge in [0, 0.05) is 6.20 Å². The first-order valence-corrected chi connectivity index (χ1v) is 5.06. The lowest BCUT2D eigenvalue weighted by molar-refractivity contribution is -0.147. The normalized spacial score (nSPS) is 19.8. The van der Waals surface area contributed by atoms with Gasteiger partial charge in [0.15, 0.2) is 5.65 Å². The van der Waals surface area contributed by atoms with Crippen LogP contribution in [0.2, 0.25) is 0 Å². The van der Waals surface area contributed by atoms with E-state index in [1.54, 1.807) is 6.07 Å². The van der Waals surface area contributed by atoms with Gasteiger partial charge in [-0.2, -0.15) is 13.2 Å². The summed E-state index contributed by atoms with van der Waals surface area (Å²) in [6, 6.07) is 3.08. The molecule has 0 saturated carbocycles. The quantitative estimate of drug-likeness (QED) is 0.756. The zero-order chi connectivity index (χ0) is 12.0. The van der Waals surface area contributed by atoms with Crippen LogP contribution in [-0.4, -0.2) is 27.2 Å². The van der Waals surface area contributed by atoms with E-state index < -0.39 is 12.0 Å². The molecule has 4 nitrogen and oxygen atoms in total. The molecular weight excluding hydrogens is 235 g/mol. The minimum Gasteiger partial charge on any atom is -0.371 e. The van der Waals surface area contributed by atoms with E-state index in [1.807, 2.05) is 0 Å². The van der Waals surface area contributed by atoms with Gasteiger partial charge in [-0.3, -0.25) is 0 Å². The van der Waals surface area contributed by atoms with E-state index in [0.717, 1.165) is 4.57 Å². The van der Waals surface area contributed by atoms with Gasteiger partial charge in [-0.25, -0.2) is 9.97 Å². The van der Waals surface area contributed by atoms with Crippen molar-refractivity contribution in [3.8, 4) is 0 Å². The van der Waals surface area contributed by atoms with E-state index in [1.165, 1.54) is 12.3 Å². The van der Waals surface area contributed by atoms with Crippen molar-refractivity contribution in [1.82, 2.24) is 14.5 Å². The van der Waals surface area contributed by atoms with Crippen LogP contribution >= 0.6 is 0 Å². The molecule has 0 N–H and O–H groups in total. The third-order valence-corrected chi connectivity index (χ3v) is 2.55. The van der Waals surface area contributed by atoms with Crippen LogP contribution in [-0.2, 0) is 17.5 Å². The van der Waals surface area contributed by atoms with Gasteiger partial charge in [-0.05, 0) is 12.1 Å². The predicted molar refractivity (Wildman–Crippen MR) is 52.3 cm³/mol. The zero-order valence-corrected chi connectivity index (χ0v) is 8.61. The number of epoxide rings is 1. The first kappa shape index (κ1) is 10.5. The zero-order valence-electron chi connectivity index (χ0n) is 8.61. The molecule has 0 radical (unpaired) electrons. The van der Waals surface area contributed by atoms with Gasteiger partial charge in [-0.15, -0.1) is 0 Å². The molecular formula is C10H8F3N3O. The van der Waals surface area contributed by atoms with Crippen molar-refractivity contribution in [1.29, 1.82) is 0 Å².